The van der Waals surface area contributed by atoms with E-state index in [-0.39, 0.29) is 5.97 Å². The fourth-order valence-corrected chi connectivity index (χ4v) is 12.6. The van der Waals surface area contributed by atoms with E-state index < -0.39 is 0 Å². The van der Waals surface area contributed by atoms with Crippen molar-refractivity contribution in [3.8, 4) is 0 Å². The van der Waals surface area contributed by atoms with Crippen molar-refractivity contribution in [2.75, 3.05) is 52.7 Å². The minimum Gasteiger partial charge on any atom is -0.373 e. The van der Waals surface area contributed by atoms with Crippen molar-refractivity contribution in [3.63, 3.8) is 0 Å². The summed E-state index contributed by atoms with van der Waals surface area (Å²) in [5, 5.41) is 10.1. The van der Waals surface area contributed by atoms with Gasteiger partial charge in [0.25, 0.3) is 0 Å². The van der Waals surface area contributed by atoms with E-state index in [4.69, 9.17) is 5.90 Å². The van der Waals surface area contributed by atoms with Crippen LogP contribution in [0.25, 0.3) is 43.6 Å². The zero-order chi connectivity index (χ0) is 57.1. The summed E-state index contributed by atoms with van der Waals surface area (Å²) in [6.07, 6.45) is 16.1. The van der Waals surface area contributed by atoms with Gasteiger partial charge in [-0.1, -0.05) is 108 Å². The number of ketones is 2. The molecule has 0 bridgehead atoms. The molecule has 4 aromatic carbocycles. The van der Waals surface area contributed by atoms with Gasteiger partial charge in [-0.2, -0.15) is 5.90 Å². The number of aromatic amines is 2. The highest BCUT2D eigenvalue weighted by atomic mass is 79.9. The average molecular weight is 1170 g/mol. The maximum atomic E-state index is 11.0. The molecule has 5 N–H and O–H groups in total. The van der Waals surface area contributed by atoms with Gasteiger partial charge in [0.05, 0.1) is 0 Å². The van der Waals surface area contributed by atoms with E-state index in [9.17, 15) is 14.4 Å². The van der Waals surface area contributed by atoms with Crippen molar-refractivity contribution in [1.82, 2.24) is 39.1 Å². The van der Waals surface area contributed by atoms with Crippen molar-refractivity contribution in [1.29, 1.82) is 0 Å². The van der Waals surface area contributed by atoms with Gasteiger partial charge in [-0.15, -0.1) is 0 Å². The molecule has 4 aliphatic rings. The lowest BCUT2D eigenvalue weighted by molar-refractivity contribution is -0.144. The molecule has 0 radical (unpaired) electrons. The molecule has 4 aliphatic heterocycles. The second kappa shape index (κ2) is 31.0. The van der Waals surface area contributed by atoms with Crippen LogP contribution in [-0.4, -0.2) is 104 Å². The van der Waals surface area contributed by atoms with Gasteiger partial charge in [-0.25, -0.2) is 0 Å². The number of rotatable bonds is 17. The van der Waals surface area contributed by atoms with Crippen LogP contribution in [0.3, 0.4) is 0 Å². The highest BCUT2D eigenvalue weighted by Gasteiger charge is 2.24. The summed E-state index contributed by atoms with van der Waals surface area (Å²) < 4.78 is 5.00. The number of nitrogens with two attached hydrogens (primary N) is 1. The largest absolute Gasteiger partial charge is 0.373 e. The molecule has 8 aromatic rings. The molecule has 0 saturated carbocycles. The molecule has 14 heteroatoms. The number of carbonyl (C=O) groups is 3. The van der Waals surface area contributed by atoms with Crippen LogP contribution >= 0.6 is 15.9 Å². The van der Waals surface area contributed by atoms with E-state index in [2.05, 4.69) is 178 Å². The summed E-state index contributed by atoms with van der Waals surface area (Å²) >= 11 is 3.33. The van der Waals surface area contributed by atoms with Gasteiger partial charge < -0.3 is 53.5 Å². The minimum atomic E-state index is -0.324. The van der Waals surface area contributed by atoms with Gasteiger partial charge >= 0.3 is 5.97 Å². The van der Waals surface area contributed by atoms with Gasteiger partial charge in [-0.05, 0) is 152 Å². The molecule has 0 unspecified atom stereocenters. The lowest BCUT2D eigenvalue weighted by Crippen LogP contribution is -2.27. The Balaban J connectivity index is 0.000000138. The maximum Gasteiger partial charge on any atom is 0.324 e. The Labute approximate surface area is 489 Å². The average Bonchev–Trinajstić information content (AvgIpc) is 4.27. The van der Waals surface area contributed by atoms with Gasteiger partial charge in [0.1, 0.15) is 11.6 Å². The van der Waals surface area contributed by atoms with E-state index in [1.807, 2.05) is 0 Å². The quantitative estimate of drug-likeness (QED) is 0.0397. The van der Waals surface area contributed by atoms with E-state index in [0.717, 1.165) is 141 Å². The Hall–Kier alpha value is -5.87. The van der Waals surface area contributed by atoms with Crippen LogP contribution in [0.1, 0.15) is 136 Å². The molecule has 13 nitrogen and oxygen atoms in total. The van der Waals surface area contributed by atoms with E-state index in [0.29, 0.717) is 18.0 Å². The molecule has 81 heavy (non-hydrogen) atoms. The van der Waals surface area contributed by atoms with E-state index in [1.165, 1.54) is 109 Å². The van der Waals surface area contributed by atoms with Crippen LogP contribution in [0.4, 0.5) is 0 Å². The molecule has 0 spiro atoms. The number of hydrogen-bond donors (Lipinski definition) is 4. The minimum absolute atomic E-state index is 0.310. The third-order valence-corrected chi connectivity index (χ3v) is 17.1. The number of aromatic nitrogens is 4. The molecule has 12 rings (SSSR count). The molecule has 4 aromatic heterocycles. The normalized spacial score (nSPS) is 15.0. The number of Topliss-reactive ketones (excluding diaryl/α,β-unsaturated/α-hetero) is 2. The predicted molar refractivity (Wildman–Crippen MR) is 337 cm³/mol. The Morgan fingerprint density at radius 3 is 1.44 bits per heavy atom. The number of unbranched alkanes of at least 4 members (excludes halogenated alkanes) is 6. The van der Waals surface area contributed by atoms with Crippen molar-refractivity contribution >= 4 is 77.1 Å². The van der Waals surface area contributed by atoms with Crippen LogP contribution < -0.4 is 11.2 Å². The number of H-pyrrole nitrogens is 2. The molecule has 0 saturated heterocycles. The first-order valence-electron chi connectivity index (χ1n) is 30.0. The molecule has 8 heterocycles. The highest BCUT2D eigenvalue weighted by molar-refractivity contribution is 9.09. The molecule has 0 aliphatic carbocycles. The first-order valence-corrected chi connectivity index (χ1v) is 31.1. The van der Waals surface area contributed by atoms with Gasteiger partial charge in [-0.3, -0.25) is 4.79 Å². The number of nitrogens with zero attached hydrogens (tertiary/aromatic N) is 5. The second-order valence-electron chi connectivity index (χ2n) is 22.8. The van der Waals surface area contributed by atoms with Crippen LogP contribution in [0.2, 0.25) is 0 Å². The van der Waals surface area contributed by atoms with Crippen molar-refractivity contribution < 1.29 is 19.2 Å². The van der Waals surface area contributed by atoms with Crippen LogP contribution in [-0.2, 0) is 84.2 Å². The number of nitrogens with one attached hydrogen (secondary N) is 3. The number of carbonyl (C=O) groups excluding carboxylic acids is 3. The third-order valence-electron chi connectivity index (χ3n) is 16.5. The molecular weight excluding hydrogens is 1070 g/mol. The topological polar surface area (TPSA) is 150 Å². The van der Waals surface area contributed by atoms with Gasteiger partial charge in [0.2, 0.25) is 0 Å². The summed E-state index contributed by atoms with van der Waals surface area (Å²) in [7, 11) is 6.57. The standard InChI is InChI=1S/C19H26N2O.C18H25N3O2.C12H14N2.C11H12N2.C7H13BrO/c1-15(22)8-4-3-7-12-21-18-10-6-5-9-16(18)17-11-13-20(2)14-19(17)21;1-20-12-10-15-14-7-4-5-8-16(14)21(17(15)13-20)11-6-2-3-9-18(22)23-19;1-14-7-6-10-9-4-2-3-5-11(9)13-12(10)8-14;1-2-4-10-8(3-1)9-5-6-12-7-11(9)13-10;1-7(9)5-3-2-4-6-8/h5-6,9-10H,3-4,7-8,11-14H2,1-2H3;4-5,7-8H,2-3,6,9-13,19H2,1H3;2-5,13H,6-8H2,1H3;1-4,12-13H,5-7H2;2-6H2,1H3. The molecular formula is C67H90BrN9O4. The Morgan fingerprint density at radius 2 is 0.938 bits per heavy atom. The van der Waals surface area contributed by atoms with Crippen molar-refractivity contribution in [3.05, 3.63) is 142 Å². The number of hydrogen-bond acceptors (Lipinski definition) is 9. The SMILES string of the molecule is CC(=O)CCCCCBr.CC(=O)CCCCCn1c2c(c3ccccc31)CCN(C)C2.CN1CCc2c([nH]c3ccccc23)C1.CN1CCc2c(n(CCCCCC(=O)ON)c3ccccc23)C1.c1ccc2c3c([nH]c2c1)CNCC3. The Bertz CT molecular complexity index is 3310. The predicted octanol–water partition coefficient (Wildman–Crippen LogP) is 12.9. The second-order valence-corrected chi connectivity index (χ2v) is 23.6. The fraction of sp³-hybridized carbons (Fsp3) is 0.478. The Kier molecular flexibility index (Phi) is 23.4. The number of aryl methyl sites for hydroxylation is 2. The summed E-state index contributed by atoms with van der Waals surface area (Å²) in [5.41, 5.74) is 17.1. The molecule has 0 fully saturated rings. The molecule has 0 atom stereocenters. The zero-order valence-electron chi connectivity index (χ0n) is 49.2. The van der Waals surface area contributed by atoms with Gasteiger partial charge in [0.15, 0.2) is 0 Å². The van der Waals surface area contributed by atoms with Gasteiger partial charge in [0, 0.05) is 150 Å². The van der Waals surface area contributed by atoms with Crippen LogP contribution in [0.5, 0.6) is 0 Å². The van der Waals surface area contributed by atoms with Crippen LogP contribution in [0.15, 0.2) is 97.1 Å². The number of halogens is 1. The summed E-state index contributed by atoms with van der Waals surface area (Å²) in [6.45, 7) is 14.1. The summed E-state index contributed by atoms with van der Waals surface area (Å²) in [4.78, 5) is 50.8. The van der Waals surface area contributed by atoms with Crippen molar-refractivity contribution in [2.45, 2.75) is 156 Å². The van der Waals surface area contributed by atoms with E-state index in [1.54, 1.807) is 19.4 Å². The number of fused-ring (bicyclic) bond motifs is 12. The molecule has 434 valence electrons. The zero-order valence-corrected chi connectivity index (χ0v) is 50.7. The lowest BCUT2D eigenvalue weighted by atomic mass is 10.0. The number of para-hydroxylation sites is 4. The van der Waals surface area contributed by atoms with E-state index >= 15 is 0 Å². The Morgan fingerprint density at radius 1 is 0.506 bits per heavy atom. The number of likely N-dealkylation sites (N-methyl/N-ethyl adjacent to an activating group) is 3. The first kappa shape index (κ1) is 61.2. The fourth-order valence-electron chi connectivity index (χ4n) is 12.2. The maximum absolute atomic E-state index is 11.0. The summed E-state index contributed by atoms with van der Waals surface area (Å²) in [5.74, 6) is 5.15. The third kappa shape index (κ3) is 16.7. The summed E-state index contributed by atoms with van der Waals surface area (Å²) in [6, 6.07) is 34.7. The smallest absolute Gasteiger partial charge is 0.324 e. The van der Waals surface area contributed by atoms with Crippen LogP contribution in [0, 0.1) is 0 Å². The lowest BCUT2D eigenvalue weighted by Gasteiger charge is -2.24. The first-order chi connectivity index (χ1) is 39.4. The number of benzene rings is 4. The van der Waals surface area contributed by atoms with Crippen molar-refractivity contribution in [2.24, 2.45) is 5.90 Å². The molecule has 0 amide bonds. The highest BCUT2D eigenvalue weighted by Crippen LogP contribution is 2.33. The number of alkyl halides is 1. The monoisotopic (exact) mass is 1160 g/mol.